The van der Waals surface area contributed by atoms with E-state index in [0.29, 0.717) is 49.2 Å². The van der Waals surface area contributed by atoms with Gasteiger partial charge in [-0.25, -0.2) is 4.98 Å². The van der Waals surface area contributed by atoms with Gasteiger partial charge in [0.25, 0.3) is 5.91 Å². The van der Waals surface area contributed by atoms with E-state index in [1.54, 1.807) is 13.8 Å². The summed E-state index contributed by atoms with van der Waals surface area (Å²) in [5.74, 6) is 1.09. The van der Waals surface area contributed by atoms with E-state index in [2.05, 4.69) is 24.0 Å². The Balaban J connectivity index is 1.83. The zero-order valence-corrected chi connectivity index (χ0v) is 15.6. The number of aryl methyl sites for hydroxylation is 3. The highest BCUT2D eigenvalue weighted by atomic mass is 16.5. The van der Waals surface area contributed by atoms with Crippen molar-refractivity contribution in [3.63, 3.8) is 0 Å². The Kier molecular flexibility index (Phi) is 4.94. The molecule has 1 amide bonds. The van der Waals surface area contributed by atoms with Crippen LogP contribution in [0.5, 0.6) is 0 Å². The molecule has 7 nitrogen and oxygen atoms in total. The van der Waals surface area contributed by atoms with Gasteiger partial charge in [0.05, 0.1) is 30.9 Å². The lowest BCUT2D eigenvalue weighted by molar-refractivity contribution is 0.0590. The van der Waals surface area contributed by atoms with E-state index in [1.807, 2.05) is 22.8 Å². The van der Waals surface area contributed by atoms with E-state index in [0.717, 1.165) is 11.4 Å². The fourth-order valence-corrected chi connectivity index (χ4v) is 3.41. The summed E-state index contributed by atoms with van der Waals surface area (Å²) in [6.07, 6.45) is 1.81. The third-order valence-electron chi connectivity index (χ3n) is 4.54. The summed E-state index contributed by atoms with van der Waals surface area (Å²) in [6, 6.07) is 0. The number of rotatable bonds is 5. The van der Waals surface area contributed by atoms with Crippen LogP contribution in [-0.2, 0) is 18.3 Å². The van der Waals surface area contributed by atoms with Gasteiger partial charge in [-0.1, -0.05) is 19.0 Å². The second-order valence-corrected chi connectivity index (χ2v) is 7.20. The molecule has 136 valence electrons. The molecule has 0 aliphatic carbocycles. The molecule has 1 aliphatic rings. The molecule has 0 radical (unpaired) electrons. The monoisotopic (exact) mass is 346 g/mol. The number of hydrogen-bond donors (Lipinski definition) is 0. The molecule has 3 heterocycles. The van der Waals surface area contributed by atoms with E-state index in [9.17, 15) is 4.79 Å². The molecule has 0 aromatic carbocycles. The van der Waals surface area contributed by atoms with Crippen LogP contribution < -0.4 is 0 Å². The number of hydrogen-bond acceptors (Lipinski definition) is 5. The van der Waals surface area contributed by atoms with Crippen LogP contribution in [0.4, 0.5) is 0 Å². The quantitative estimate of drug-likeness (QED) is 0.831. The highest BCUT2D eigenvalue weighted by Gasteiger charge is 2.33. The average molecular weight is 346 g/mol. The van der Waals surface area contributed by atoms with Crippen LogP contribution in [0.1, 0.15) is 53.0 Å². The summed E-state index contributed by atoms with van der Waals surface area (Å²) in [7, 11) is 1.99. The van der Waals surface area contributed by atoms with Gasteiger partial charge >= 0.3 is 0 Å². The van der Waals surface area contributed by atoms with Crippen LogP contribution in [0.3, 0.4) is 0 Å². The highest BCUT2D eigenvalue weighted by molar-refractivity contribution is 5.96. The number of carbonyl (C=O) groups is 1. The number of fused-ring (bicyclic) bond motifs is 1. The average Bonchev–Trinajstić information content (AvgIpc) is 3.09. The van der Waals surface area contributed by atoms with Crippen molar-refractivity contribution < 1.29 is 14.1 Å². The van der Waals surface area contributed by atoms with Gasteiger partial charge in [-0.2, -0.15) is 0 Å². The molecule has 0 saturated carbocycles. The maximum absolute atomic E-state index is 13.0. The lowest BCUT2D eigenvalue weighted by Crippen LogP contribution is -2.40. The molecule has 3 rings (SSSR count). The first-order chi connectivity index (χ1) is 11.9. The molecule has 25 heavy (non-hydrogen) atoms. The first-order valence-corrected chi connectivity index (χ1v) is 8.68. The molecule has 2 aromatic rings. The van der Waals surface area contributed by atoms with Crippen LogP contribution in [0.2, 0.25) is 0 Å². The molecule has 1 aliphatic heterocycles. The summed E-state index contributed by atoms with van der Waals surface area (Å²) in [6.45, 7) is 10.2. The van der Waals surface area contributed by atoms with Gasteiger partial charge in [0.15, 0.2) is 0 Å². The normalized spacial score (nSPS) is 17.2. The summed E-state index contributed by atoms with van der Waals surface area (Å²) in [5.41, 5.74) is 3.28. The maximum Gasteiger partial charge on any atom is 0.259 e. The van der Waals surface area contributed by atoms with E-state index in [4.69, 9.17) is 9.26 Å². The van der Waals surface area contributed by atoms with Crippen molar-refractivity contribution >= 4 is 5.91 Å². The minimum Gasteiger partial charge on any atom is -0.380 e. The van der Waals surface area contributed by atoms with Crippen molar-refractivity contribution in [2.24, 2.45) is 13.0 Å². The second-order valence-electron chi connectivity index (χ2n) is 7.20. The van der Waals surface area contributed by atoms with Gasteiger partial charge in [0.1, 0.15) is 11.3 Å². The Morgan fingerprint density at radius 2 is 2.20 bits per heavy atom. The molecular formula is C18H26N4O3. The topological polar surface area (TPSA) is 73.4 Å². The van der Waals surface area contributed by atoms with Crippen molar-refractivity contribution in [3.8, 4) is 0 Å². The lowest BCUT2D eigenvalue weighted by atomic mass is 9.98. The van der Waals surface area contributed by atoms with Gasteiger partial charge < -0.3 is 18.7 Å². The number of amides is 1. The van der Waals surface area contributed by atoms with Gasteiger partial charge in [-0.05, 0) is 19.8 Å². The smallest absolute Gasteiger partial charge is 0.259 e. The van der Waals surface area contributed by atoms with Crippen molar-refractivity contribution in [3.05, 3.63) is 34.7 Å². The fourth-order valence-electron chi connectivity index (χ4n) is 3.41. The minimum atomic E-state index is -0.0542. The molecule has 1 atom stereocenters. The maximum atomic E-state index is 13.0. The van der Waals surface area contributed by atoms with Crippen molar-refractivity contribution in [1.82, 2.24) is 19.6 Å². The number of imidazole rings is 1. The molecule has 0 N–H and O–H groups in total. The number of aromatic nitrogens is 3. The zero-order chi connectivity index (χ0) is 18.1. The number of nitrogens with zero attached hydrogens (tertiary/aromatic N) is 4. The van der Waals surface area contributed by atoms with Gasteiger partial charge in [-0.15, -0.1) is 0 Å². The Morgan fingerprint density at radius 1 is 1.44 bits per heavy atom. The fraction of sp³-hybridized carbons (Fsp3) is 0.611. The van der Waals surface area contributed by atoms with Crippen molar-refractivity contribution in [1.29, 1.82) is 0 Å². The summed E-state index contributed by atoms with van der Waals surface area (Å²) >= 11 is 0. The van der Waals surface area contributed by atoms with Crippen LogP contribution in [-0.4, -0.2) is 45.3 Å². The van der Waals surface area contributed by atoms with Crippen LogP contribution in [0.15, 0.2) is 10.9 Å². The Labute approximate surface area is 148 Å². The standard InChI is InChI=1S/C18H26N4O3/c1-11(2)8-24-9-14-6-22(7-15-17(14)21(5)10-19-15)18(23)16-12(3)20-25-13(16)4/h10-11,14H,6-9H2,1-5H3/t14-/m0/s1. The zero-order valence-electron chi connectivity index (χ0n) is 15.6. The molecular weight excluding hydrogens is 320 g/mol. The van der Waals surface area contributed by atoms with E-state index in [-0.39, 0.29) is 11.8 Å². The summed E-state index contributed by atoms with van der Waals surface area (Å²) < 4.78 is 13.1. The largest absolute Gasteiger partial charge is 0.380 e. The third-order valence-corrected chi connectivity index (χ3v) is 4.54. The molecule has 0 unspecified atom stereocenters. The molecule has 0 spiro atoms. The molecule has 7 heteroatoms. The van der Waals surface area contributed by atoms with Crippen LogP contribution in [0, 0.1) is 19.8 Å². The van der Waals surface area contributed by atoms with E-state index in [1.165, 1.54) is 0 Å². The molecule has 0 fully saturated rings. The Morgan fingerprint density at radius 3 is 2.84 bits per heavy atom. The number of ether oxygens (including phenoxy) is 1. The van der Waals surface area contributed by atoms with Crippen LogP contribution >= 0.6 is 0 Å². The second kappa shape index (κ2) is 7.00. The van der Waals surface area contributed by atoms with Crippen molar-refractivity contribution in [2.45, 2.75) is 40.2 Å². The van der Waals surface area contributed by atoms with Crippen LogP contribution in [0.25, 0.3) is 0 Å². The summed E-state index contributed by atoms with van der Waals surface area (Å²) in [5, 5.41) is 3.90. The van der Waals surface area contributed by atoms with E-state index < -0.39 is 0 Å². The predicted octanol–water partition coefficient (Wildman–Crippen LogP) is 2.44. The summed E-state index contributed by atoms with van der Waals surface area (Å²) in [4.78, 5) is 19.3. The van der Waals surface area contributed by atoms with Gasteiger partial charge in [0.2, 0.25) is 0 Å². The Hall–Kier alpha value is -2.15. The highest BCUT2D eigenvalue weighted by Crippen LogP contribution is 2.29. The molecule has 0 bridgehead atoms. The molecule has 0 saturated heterocycles. The van der Waals surface area contributed by atoms with Gasteiger partial charge in [0, 0.05) is 31.8 Å². The number of carbonyl (C=O) groups excluding carboxylic acids is 1. The lowest BCUT2D eigenvalue weighted by Gasteiger charge is -2.33. The first kappa shape index (κ1) is 17.7. The third kappa shape index (κ3) is 3.46. The predicted molar refractivity (Wildman–Crippen MR) is 92.3 cm³/mol. The van der Waals surface area contributed by atoms with E-state index >= 15 is 0 Å². The van der Waals surface area contributed by atoms with Gasteiger partial charge in [-0.3, -0.25) is 4.79 Å². The Bertz CT molecular complexity index is 743. The van der Waals surface area contributed by atoms with Crippen molar-refractivity contribution in [2.75, 3.05) is 19.8 Å². The SMILES string of the molecule is Cc1noc(C)c1C(=O)N1Cc2ncn(C)c2[C@H](COCC(C)C)C1. The molecule has 2 aromatic heterocycles. The first-order valence-electron chi connectivity index (χ1n) is 8.68. The minimum absolute atomic E-state index is 0.0542.